The van der Waals surface area contributed by atoms with E-state index in [2.05, 4.69) is 45.1 Å². The number of hydrogen-bond acceptors (Lipinski definition) is 2. The lowest BCUT2D eigenvalue weighted by Crippen LogP contribution is -2.29. The molecule has 1 aromatic rings. The first-order valence-electron chi connectivity index (χ1n) is 7.51. The van der Waals surface area contributed by atoms with E-state index in [0.717, 1.165) is 19.4 Å². The number of nitrogens with zero attached hydrogens (tertiary/aromatic N) is 1. The SMILES string of the molecule is CCCCN(C)C(=O)CCNc1c(C)cc(C)cc1C. The Kier molecular flexibility index (Phi) is 6.56. The molecule has 0 saturated heterocycles. The molecule has 1 rings (SSSR count). The van der Waals surface area contributed by atoms with Crippen molar-refractivity contribution < 1.29 is 4.79 Å². The van der Waals surface area contributed by atoms with Crippen LogP contribution in [0.4, 0.5) is 5.69 Å². The number of carbonyl (C=O) groups excluding carboxylic acids is 1. The maximum Gasteiger partial charge on any atom is 0.224 e. The molecule has 0 saturated carbocycles. The lowest BCUT2D eigenvalue weighted by molar-refractivity contribution is -0.129. The van der Waals surface area contributed by atoms with Crippen molar-refractivity contribution in [1.82, 2.24) is 4.90 Å². The molecule has 0 aliphatic heterocycles. The third-order valence-corrected chi connectivity index (χ3v) is 3.59. The zero-order chi connectivity index (χ0) is 15.1. The van der Waals surface area contributed by atoms with Gasteiger partial charge in [0.1, 0.15) is 0 Å². The molecule has 1 N–H and O–H groups in total. The molecule has 0 fully saturated rings. The molecule has 3 nitrogen and oxygen atoms in total. The molecule has 0 aliphatic rings. The van der Waals surface area contributed by atoms with Crippen LogP contribution in [0.3, 0.4) is 0 Å². The normalized spacial score (nSPS) is 10.4. The lowest BCUT2D eigenvalue weighted by Gasteiger charge is -2.18. The molecule has 0 radical (unpaired) electrons. The Balaban J connectivity index is 2.47. The number of nitrogens with one attached hydrogen (secondary N) is 1. The van der Waals surface area contributed by atoms with E-state index in [0.29, 0.717) is 13.0 Å². The zero-order valence-electron chi connectivity index (χ0n) is 13.5. The van der Waals surface area contributed by atoms with E-state index in [1.54, 1.807) is 0 Å². The van der Waals surface area contributed by atoms with Crippen LogP contribution in [-0.2, 0) is 4.79 Å². The van der Waals surface area contributed by atoms with Gasteiger partial charge in [0.25, 0.3) is 0 Å². The second kappa shape index (κ2) is 7.93. The Hall–Kier alpha value is -1.51. The number of rotatable bonds is 7. The summed E-state index contributed by atoms with van der Waals surface area (Å²) in [7, 11) is 1.89. The minimum atomic E-state index is 0.216. The highest BCUT2D eigenvalue weighted by molar-refractivity contribution is 5.76. The third-order valence-electron chi connectivity index (χ3n) is 3.59. The quantitative estimate of drug-likeness (QED) is 0.824. The first-order chi connectivity index (χ1) is 9.45. The second-order valence-electron chi connectivity index (χ2n) is 5.62. The second-order valence-corrected chi connectivity index (χ2v) is 5.62. The molecular formula is C17H28N2O. The topological polar surface area (TPSA) is 32.3 Å². The number of anilines is 1. The maximum atomic E-state index is 11.9. The van der Waals surface area contributed by atoms with E-state index in [1.165, 1.54) is 22.4 Å². The molecule has 3 heteroatoms. The summed E-state index contributed by atoms with van der Waals surface area (Å²) in [6.07, 6.45) is 2.75. The zero-order valence-corrected chi connectivity index (χ0v) is 13.5. The van der Waals surface area contributed by atoms with Gasteiger partial charge in [-0.1, -0.05) is 31.0 Å². The highest BCUT2D eigenvalue weighted by Crippen LogP contribution is 2.21. The van der Waals surface area contributed by atoms with E-state index in [9.17, 15) is 4.79 Å². The first kappa shape index (κ1) is 16.5. The van der Waals surface area contributed by atoms with Gasteiger partial charge in [-0.15, -0.1) is 0 Å². The van der Waals surface area contributed by atoms with Crippen LogP contribution < -0.4 is 5.32 Å². The summed E-state index contributed by atoms with van der Waals surface area (Å²) in [5, 5.41) is 3.40. The Morgan fingerprint density at radius 3 is 2.35 bits per heavy atom. The standard InChI is InChI=1S/C17H28N2O/c1-6-7-10-19(5)16(20)8-9-18-17-14(3)11-13(2)12-15(17)4/h11-12,18H,6-10H2,1-5H3. The number of benzene rings is 1. The van der Waals surface area contributed by atoms with E-state index < -0.39 is 0 Å². The fraction of sp³-hybridized carbons (Fsp3) is 0.588. The van der Waals surface area contributed by atoms with Crippen LogP contribution in [0.15, 0.2) is 12.1 Å². The van der Waals surface area contributed by atoms with Gasteiger partial charge >= 0.3 is 0 Å². The summed E-state index contributed by atoms with van der Waals surface area (Å²) in [4.78, 5) is 13.8. The van der Waals surface area contributed by atoms with Gasteiger partial charge < -0.3 is 10.2 Å². The van der Waals surface area contributed by atoms with Gasteiger partial charge in [-0.25, -0.2) is 0 Å². The van der Waals surface area contributed by atoms with Crippen molar-refractivity contribution >= 4 is 11.6 Å². The minimum Gasteiger partial charge on any atom is -0.384 e. The van der Waals surface area contributed by atoms with Gasteiger partial charge in [-0.05, 0) is 38.3 Å². The van der Waals surface area contributed by atoms with Crippen LogP contribution in [0.1, 0.15) is 42.9 Å². The van der Waals surface area contributed by atoms with Crippen molar-refractivity contribution in [1.29, 1.82) is 0 Å². The molecule has 1 aromatic carbocycles. The fourth-order valence-electron chi connectivity index (χ4n) is 2.46. The molecule has 0 atom stereocenters. The van der Waals surface area contributed by atoms with E-state index >= 15 is 0 Å². The lowest BCUT2D eigenvalue weighted by atomic mass is 10.1. The Morgan fingerprint density at radius 1 is 1.20 bits per heavy atom. The predicted molar refractivity (Wildman–Crippen MR) is 86.3 cm³/mol. The van der Waals surface area contributed by atoms with Crippen LogP contribution in [-0.4, -0.2) is 30.9 Å². The molecule has 0 heterocycles. The van der Waals surface area contributed by atoms with E-state index in [1.807, 2.05) is 11.9 Å². The number of aryl methyl sites for hydroxylation is 3. The van der Waals surface area contributed by atoms with Crippen LogP contribution in [0.25, 0.3) is 0 Å². The molecule has 0 aliphatic carbocycles. The summed E-state index contributed by atoms with van der Waals surface area (Å²) < 4.78 is 0. The first-order valence-corrected chi connectivity index (χ1v) is 7.51. The number of carbonyl (C=O) groups is 1. The van der Waals surface area contributed by atoms with Crippen molar-refractivity contribution in [3.05, 3.63) is 28.8 Å². The molecule has 20 heavy (non-hydrogen) atoms. The largest absolute Gasteiger partial charge is 0.384 e. The van der Waals surface area contributed by atoms with E-state index in [-0.39, 0.29) is 5.91 Å². The smallest absolute Gasteiger partial charge is 0.224 e. The van der Waals surface area contributed by atoms with Crippen LogP contribution in [0.2, 0.25) is 0 Å². The molecular weight excluding hydrogens is 248 g/mol. The van der Waals surface area contributed by atoms with Crippen molar-refractivity contribution in [2.45, 2.75) is 47.0 Å². The van der Waals surface area contributed by atoms with Crippen LogP contribution in [0, 0.1) is 20.8 Å². The monoisotopic (exact) mass is 276 g/mol. The van der Waals surface area contributed by atoms with Gasteiger partial charge in [0.15, 0.2) is 0 Å². The van der Waals surface area contributed by atoms with E-state index in [4.69, 9.17) is 0 Å². The van der Waals surface area contributed by atoms with Gasteiger partial charge in [-0.3, -0.25) is 4.79 Å². The summed E-state index contributed by atoms with van der Waals surface area (Å²) in [5.74, 6) is 0.216. The molecule has 0 unspecified atom stereocenters. The maximum absolute atomic E-state index is 11.9. The Labute approximate surface area is 123 Å². The van der Waals surface area contributed by atoms with Gasteiger partial charge in [0.2, 0.25) is 5.91 Å². The van der Waals surface area contributed by atoms with Crippen LogP contribution >= 0.6 is 0 Å². The summed E-state index contributed by atoms with van der Waals surface area (Å²) in [6.45, 7) is 10.0. The molecule has 112 valence electrons. The fourth-order valence-corrected chi connectivity index (χ4v) is 2.46. The van der Waals surface area contributed by atoms with Crippen molar-refractivity contribution in [2.24, 2.45) is 0 Å². The summed E-state index contributed by atoms with van der Waals surface area (Å²) in [6, 6.07) is 4.34. The number of hydrogen-bond donors (Lipinski definition) is 1. The van der Waals surface area contributed by atoms with Crippen LogP contribution in [0.5, 0.6) is 0 Å². The minimum absolute atomic E-state index is 0.216. The average molecular weight is 276 g/mol. The molecule has 0 spiro atoms. The predicted octanol–water partition coefficient (Wildman–Crippen LogP) is 3.67. The third kappa shape index (κ3) is 4.87. The van der Waals surface area contributed by atoms with Gasteiger partial charge in [0, 0.05) is 32.2 Å². The molecule has 1 amide bonds. The van der Waals surface area contributed by atoms with Crippen molar-refractivity contribution in [2.75, 3.05) is 25.5 Å². The average Bonchev–Trinajstić information content (AvgIpc) is 2.38. The van der Waals surface area contributed by atoms with Crippen molar-refractivity contribution in [3.8, 4) is 0 Å². The molecule has 0 bridgehead atoms. The highest BCUT2D eigenvalue weighted by atomic mass is 16.2. The Bertz CT molecular complexity index is 431. The summed E-state index contributed by atoms with van der Waals surface area (Å²) in [5.41, 5.74) is 4.93. The van der Waals surface area contributed by atoms with Gasteiger partial charge in [0.05, 0.1) is 0 Å². The molecule has 0 aromatic heterocycles. The Morgan fingerprint density at radius 2 is 1.80 bits per heavy atom. The van der Waals surface area contributed by atoms with Crippen molar-refractivity contribution in [3.63, 3.8) is 0 Å². The highest BCUT2D eigenvalue weighted by Gasteiger charge is 2.08. The number of unbranched alkanes of at least 4 members (excludes halogenated alkanes) is 1. The number of amides is 1. The van der Waals surface area contributed by atoms with Gasteiger partial charge in [-0.2, -0.15) is 0 Å². The summed E-state index contributed by atoms with van der Waals surface area (Å²) >= 11 is 0.